The van der Waals surface area contributed by atoms with Crippen LogP contribution in [-0.4, -0.2) is 38.7 Å². The summed E-state index contributed by atoms with van der Waals surface area (Å²) in [6.07, 6.45) is 1.64. The highest BCUT2D eigenvalue weighted by Gasteiger charge is 2.41. The van der Waals surface area contributed by atoms with Crippen LogP contribution in [0.3, 0.4) is 0 Å². The van der Waals surface area contributed by atoms with Crippen LogP contribution in [0.1, 0.15) is 37.8 Å². The Balaban J connectivity index is 1.86. The molecule has 3 rings (SSSR count). The number of amides is 2. The molecule has 1 aliphatic heterocycles. The summed E-state index contributed by atoms with van der Waals surface area (Å²) in [5, 5.41) is 3.04. The molecule has 1 fully saturated rings. The molecule has 2 aromatic rings. The number of carbonyl (C=O) groups excluding carboxylic acids is 2. The number of rotatable bonds is 9. The number of ether oxygens (including phenoxy) is 2. The number of methoxy groups -OCH3 is 1. The van der Waals surface area contributed by atoms with Crippen molar-refractivity contribution in [2.45, 2.75) is 32.2 Å². The standard InChI is InChI=1S/C24H30N2O4/c1-3-30-17-7-16-25-24(28)21-14-15-22(27)26(19-10-12-20(29-2)13-11-19)23(21)18-8-5-4-6-9-18/h4-6,8-13,21,23H,3,7,14-17H2,1-2H3,(H,25,28)/t21-,23-/m0/s1. The van der Waals surface area contributed by atoms with Gasteiger partial charge in [-0.2, -0.15) is 0 Å². The van der Waals surface area contributed by atoms with E-state index in [1.165, 1.54) is 0 Å². The zero-order valence-corrected chi connectivity index (χ0v) is 17.7. The zero-order valence-electron chi connectivity index (χ0n) is 17.7. The van der Waals surface area contributed by atoms with E-state index in [4.69, 9.17) is 9.47 Å². The first-order valence-corrected chi connectivity index (χ1v) is 10.5. The third-order valence-electron chi connectivity index (χ3n) is 5.39. The summed E-state index contributed by atoms with van der Waals surface area (Å²) in [7, 11) is 1.61. The molecule has 1 heterocycles. The second-order valence-electron chi connectivity index (χ2n) is 7.30. The molecule has 2 amide bonds. The van der Waals surface area contributed by atoms with Gasteiger partial charge in [-0.25, -0.2) is 0 Å². The highest BCUT2D eigenvalue weighted by Crippen LogP contribution is 2.40. The van der Waals surface area contributed by atoms with Gasteiger partial charge < -0.3 is 19.7 Å². The van der Waals surface area contributed by atoms with Gasteiger partial charge in [0.15, 0.2) is 0 Å². The summed E-state index contributed by atoms with van der Waals surface area (Å²) >= 11 is 0. The van der Waals surface area contributed by atoms with E-state index in [-0.39, 0.29) is 23.8 Å². The van der Waals surface area contributed by atoms with E-state index >= 15 is 0 Å². The molecule has 0 aromatic heterocycles. The fourth-order valence-corrected chi connectivity index (χ4v) is 3.91. The number of anilines is 1. The smallest absolute Gasteiger partial charge is 0.227 e. The minimum atomic E-state index is -0.354. The van der Waals surface area contributed by atoms with Crippen molar-refractivity contribution in [2.24, 2.45) is 5.92 Å². The molecule has 30 heavy (non-hydrogen) atoms. The van der Waals surface area contributed by atoms with Crippen molar-refractivity contribution in [1.29, 1.82) is 0 Å². The third kappa shape index (κ3) is 5.19. The second-order valence-corrected chi connectivity index (χ2v) is 7.30. The lowest BCUT2D eigenvalue weighted by atomic mass is 9.83. The van der Waals surface area contributed by atoms with E-state index in [0.717, 1.165) is 23.4 Å². The third-order valence-corrected chi connectivity index (χ3v) is 5.39. The van der Waals surface area contributed by atoms with Gasteiger partial charge in [0.2, 0.25) is 11.8 Å². The van der Waals surface area contributed by atoms with Crippen LogP contribution in [0.4, 0.5) is 5.69 Å². The Labute approximate surface area is 178 Å². The lowest BCUT2D eigenvalue weighted by Crippen LogP contribution is -2.48. The predicted molar refractivity (Wildman–Crippen MR) is 117 cm³/mol. The van der Waals surface area contributed by atoms with Crippen molar-refractivity contribution in [1.82, 2.24) is 5.32 Å². The van der Waals surface area contributed by atoms with E-state index in [2.05, 4.69) is 5.32 Å². The Morgan fingerprint density at radius 2 is 1.87 bits per heavy atom. The van der Waals surface area contributed by atoms with Gasteiger partial charge >= 0.3 is 0 Å². The first-order chi connectivity index (χ1) is 14.7. The second kappa shape index (κ2) is 10.8. The zero-order chi connectivity index (χ0) is 21.3. The minimum Gasteiger partial charge on any atom is -0.497 e. The van der Waals surface area contributed by atoms with Crippen LogP contribution < -0.4 is 15.0 Å². The Hall–Kier alpha value is -2.86. The molecule has 1 saturated heterocycles. The summed E-state index contributed by atoms with van der Waals surface area (Å²) < 4.78 is 10.6. The van der Waals surface area contributed by atoms with Crippen LogP contribution in [0.15, 0.2) is 54.6 Å². The van der Waals surface area contributed by atoms with E-state index in [1.54, 1.807) is 12.0 Å². The molecule has 0 unspecified atom stereocenters. The molecule has 1 aliphatic rings. The summed E-state index contributed by atoms with van der Waals surface area (Å²) in [4.78, 5) is 27.8. The molecule has 0 bridgehead atoms. The summed E-state index contributed by atoms with van der Waals surface area (Å²) in [6.45, 7) is 3.81. The maximum Gasteiger partial charge on any atom is 0.227 e. The predicted octanol–water partition coefficient (Wildman–Crippen LogP) is 3.72. The molecule has 0 spiro atoms. The average molecular weight is 411 g/mol. The molecule has 0 saturated carbocycles. The topological polar surface area (TPSA) is 67.9 Å². The summed E-state index contributed by atoms with van der Waals surface area (Å²) in [5.74, 6) is 0.406. The molecule has 0 radical (unpaired) electrons. The Morgan fingerprint density at radius 1 is 1.13 bits per heavy atom. The Kier molecular flexibility index (Phi) is 7.85. The first-order valence-electron chi connectivity index (χ1n) is 10.5. The van der Waals surface area contributed by atoms with Crippen LogP contribution in [0.5, 0.6) is 5.75 Å². The van der Waals surface area contributed by atoms with Crippen molar-refractivity contribution in [3.63, 3.8) is 0 Å². The van der Waals surface area contributed by atoms with E-state index < -0.39 is 0 Å². The highest BCUT2D eigenvalue weighted by atomic mass is 16.5. The van der Waals surface area contributed by atoms with Gasteiger partial charge in [-0.15, -0.1) is 0 Å². The fraction of sp³-hybridized carbons (Fsp3) is 0.417. The van der Waals surface area contributed by atoms with Crippen LogP contribution in [-0.2, 0) is 14.3 Å². The highest BCUT2D eigenvalue weighted by molar-refractivity contribution is 5.97. The summed E-state index contributed by atoms with van der Waals surface area (Å²) in [5.41, 5.74) is 1.72. The van der Waals surface area contributed by atoms with Crippen LogP contribution in [0, 0.1) is 5.92 Å². The van der Waals surface area contributed by atoms with Gasteiger partial charge in [-0.05, 0) is 49.6 Å². The number of nitrogens with one attached hydrogen (secondary N) is 1. The molecule has 1 N–H and O–H groups in total. The number of benzene rings is 2. The molecule has 0 aliphatic carbocycles. The van der Waals surface area contributed by atoms with Gasteiger partial charge in [-0.1, -0.05) is 30.3 Å². The lowest BCUT2D eigenvalue weighted by Gasteiger charge is -2.41. The van der Waals surface area contributed by atoms with Crippen molar-refractivity contribution >= 4 is 17.5 Å². The first kappa shape index (κ1) is 21.8. The quantitative estimate of drug-likeness (QED) is 0.640. The SMILES string of the molecule is CCOCCCNC(=O)[C@H]1CCC(=O)N(c2ccc(OC)cc2)[C@H]1c1ccccc1. The van der Waals surface area contributed by atoms with Gasteiger partial charge in [0.1, 0.15) is 5.75 Å². The normalized spacial score (nSPS) is 18.9. The number of carbonyl (C=O) groups is 2. The number of hydrogen-bond donors (Lipinski definition) is 1. The van der Waals surface area contributed by atoms with Crippen molar-refractivity contribution in [2.75, 3.05) is 31.8 Å². The monoisotopic (exact) mass is 410 g/mol. The molecular weight excluding hydrogens is 380 g/mol. The van der Waals surface area contributed by atoms with E-state index in [1.807, 2.05) is 61.5 Å². The Morgan fingerprint density at radius 3 is 2.53 bits per heavy atom. The van der Waals surface area contributed by atoms with Crippen molar-refractivity contribution < 1.29 is 19.1 Å². The minimum absolute atomic E-state index is 0.0219. The van der Waals surface area contributed by atoms with Crippen molar-refractivity contribution in [3.05, 3.63) is 60.2 Å². The number of nitrogens with zero attached hydrogens (tertiary/aromatic N) is 1. The fourth-order valence-electron chi connectivity index (χ4n) is 3.91. The summed E-state index contributed by atoms with van der Waals surface area (Å²) in [6, 6.07) is 16.8. The van der Waals surface area contributed by atoms with Gasteiger partial charge in [0.05, 0.1) is 19.1 Å². The van der Waals surface area contributed by atoms with Crippen LogP contribution >= 0.6 is 0 Å². The largest absolute Gasteiger partial charge is 0.497 e. The number of piperidine rings is 1. The van der Waals surface area contributed by atoms with E-state index in [9.17, 15) is 9.59 Å². The van der Waals surface area contributed by atoms with Gasteiger partial charge in [0, 0.05) is 31.9 Å². The van der Waals surface area contributed by atoms with Crippen LogP contribution in [0.25, 0.3) is 0 Å². The average Bonchev–Trinajstić information content (AvgIpc) is 2.79. The van der Waals surface area contributed by atoms with Gasteiger partial charge in [-0.3, -0.25) is 9.59 Å². The maximum atomic E-state index is 13.1. The molecule has 2 aromatic carbocycles. The van der Waals surface area contributed by atoms with Crippen molar-refractivity contribution in [3.8, 4) is 5.75 Å². The van der Waals surface area contributed by atoms with E-state index in [0.29, 0.717) is 32.6 Å². The number of hydrogen-bond acceptors (Lipinski definition) is 4. The maximum absolute atomic E-state index is 13.1. The molecule has 6 nitrogen and oxygen atoms in total. The molecule has 6 heteroatoms. The molecule has 2 atom stereocenters. The molecular formula is C24H30N2O4. The Bertz CT molecular complexity index is 823. The lowest BCUT2D eigenvalue weighted by molar-refractivity contribution is -0.129. The molecule has 160 valence electrons. The van der Waals surface area contributed by atoms with Gasteiger partial charge in [0.25, 0.3) is 0 Å². The van der Waals surface area contributed by atoms with Crippen LogP contribution in [0.2, 0.25) is 0 Å².